The number of carbonyl (C=O) groups is 2. The average molecular weight is 493 g/mol. The molecule has 1 fully saturated rings. The highest BCUT2D eigenvalue weighted by Gasteiger charge is 2.39. The van der Waals surface area contributed by atoms with Crippen molar-refractivity contribution in [2.24, 2.45) is 13.0 Å². The van der Waals surface area contributed by atoms with E-state index in [9.17, 15) is 9.59 Å². The summed E-state index contributed by atoms with van der Waals surface area (Å²) in [4.78, 5) is 31.5. The van der Waals surface area contributed by atoms with Crippen molar-refractivity contribution in [2.75, 3.05) is 24.5 Å². The molecule has 5 heterocycles. The van der Waals surface area contributed by atoms with E-state index in [0.717, 1.165) is 72.3 Å². The number of nitrogens with zero attached hydrogens (tertiary/aromatic N) is 4. The molecular weight excluding hydrogens is 460 g/mol. The van der Waals surface area contributed by atoms with Crippen molar-refractivity contribution in [3.8, 4) is 0 Å². The Balaban J connectivity index is 1.28. The first-order chi connectivity index (χ1) is 18.1. The van der Waals surface area contributed by atoms with Crippen LogP contribution in [0.1, 0.15) is 48.2 Å². The summed E-state index contributed by atoms with van der Waals surface area (Å²) in [7, 11) is 2.02. The van der Waals surface area contributed by atoms with Crippen LogP contribution in [0.25, 0.3) is 28.8 Å². The smallest absolute Gasteiger partial charge is 0.266 e. The fraction of sp³-hybridized carbons (Fsp3) is 0.355. The maximum Gasteiger partial charge on any atom is 0.266 e. The Morgan fingerprint density at radius 1 is 1.03 bits per heavy atom. The minimum atomic E-state index is -0.251. The zero-order valence-corrected chi connectivity index (χ0v) is 21.3. The van der Waals surface area contributed by atoms with Gasteiger partial charge in [-0.15, -0.1) is 0 Å². The lowest BCUT2D eigenvalue weighted by molar-refractivity contribution is -0.119. The van der Waals surface area contributed by atoms with Gasteiger partial charge in [-0.1, -0.05) is 42.8 Å². The molecule has 6 heteroatoms. The highest BCUT2D eigenvalue weighted by molar-refractivity contribution is 6.45. The normalized spacial score (nSPS) is 21.6. The van der Waals surface area contributed by atoms with Gasteiger partial charge in [-0.3, -0.25) is 9.59 Å². The number of aromatic nitrogens is 2. The molecule has 0 radical (unpaired) electrons. The van der Waals surface area contributed by atoms with Crippen LogP contribution < -0.4 is 4.90 Å². The highest BCUT2D eigenvalue weighted by Crippen LogP contribution is 2.42. The van der Waals surface area contributed by atoms with Gasteiger partial charge in [0.1, 0.15) is 0 Å². The van der Waals surface area contributed by atoms with Crippen molar-refractivity contribution in [2.45, 2.75) is 38.5 Å². The van der Waals surface area contributed by atoms with Gasteiger partial charge >= 0.3 is 0 Å². The number of aryl methyl sites for hydroxylation is 1. The Kier molecular flexibility index (Phi) is 5.32. The van der Waals surface area contributed by atoms with E-state index in [2.05, 4.69) is 44.5 Å². The number of hydrogen-bond donors (Lipinski definition) is 0. The quantitative estimate of drug-likeness (QED) is 0.481. The summed E-state index contributed by atoms with van der Waals surface area (Å²) in [6, 6.07) is 8.13. The molecule has 2 aromatic heterocycles. The van der Waals surface area contributed by atoms with Gasteiger partial charge in [-0.2, -0.15) is 0 Å². The highest BCUT2D eigenvalue weighted by atomic mass is 16.2. The van der Waals surface area contributed by atoms with Gasteiger partial charge in [0.25, 0.3) is 11.8 Å². The number of piperidine rings is 1. The number of anilines is 1. The van der Waals surface area contributed by atoms with Crippen LogP contribution in [-0.2, 0) is 29.5 Å². The zero-order valence-electron chi connectivity index (χ0n) is 21.3. The number of amides is 2. The second-order valence-corrected chi connectivity index (χ2v) is 10.8. The number of likely N-dealkylation sites (tertiary alicyclic amines) is 1. The van der Waals surface area contributed by atoms with Crippen molar-refractivity contribution < 1.29 is 9.59 Å². The van der Waals surface area contributed by atoms with Crippen LogP contribution in [0.3, 0.4) is 0 Å². The van der Waals surface area contributed by atoms with Crippen LogP contribution in [0.5, 0.6) is 0 Å². The summed E-state index contributed by atoms with van der Waals surface area (Å²) in [5.74, 6) is -0.113. The first-order valence-electron chi connectivity index (χ1n) is 13.6. The second kappa shape index (κ2) is 8.73. The van der Waals surface area contributed by atoms with Crippen molar-refractivity contribution >= 4 is 46.3 Å². The number of carbonyl (C=O) groups excluding carboxylic acids is 2. The molecule has 1 aliphatic carbocycles. The molecule has 37 heavy (non-hydrogen) atoms. The van der Waals surface area contributed by atoms with Gasteiger partial charge < -0.3 is 14.0 Å². The summed E-state index contributed by atoms with van der Waals surface area (Å²) in [5.41, 5.74) is 6.48. The predicted molar refractivity (Wildman–Crippen MR) is 148 cm³/mol. The number of rotatable bonds is 4. The lowest BCUT2D eigenvalue weighted by Crippen LogP contribution is -2.36. The maximum absolute atomic E-state index is 14.0. The first-order valence-corrected chi connectivity index (χ1v) is 13.6. The fourth-order valence-corrected chi connectivity index (χ4v) is 6.73. The van der Waals surface area contributed by atoms with Crippen molar-refractivity contribution in [1.82, 2.24) is 14.0 Å². The second-order valence-electron chi connectivity index (χ2n) is 10.8. The van der Waals surface area contributed by atoms with Crippen molar-refractivity contribution in [3.05, 3.63) is 71.2 Å². The van der Waals surface area contributed by atoms with Crippen molar-refractivity contribution in [1.29, 1.82) is 0 Å². The van der Waals surface area contributed by atoms with E-state index >= 15 is 0 Å². The largest absolute Gasteiger partial charge is 0.353 e. The number of hydrogen-bond acceptors (Lipinski definition) is 3. The Morgan fingerprint density at radius 3 is 2.73 bits per heavy atom. The number of para-hydroxylation sites is 1. The predicted octanol–water partition coefficient (Wildman–Crippen LogP) is 5.02. The number of imide groups is 1. The molecule has 0 saturated carbocycles. The minimum Gasteiger partial charge on any atom is -0.353 e. The van der Waals surface area contributed by atoms with Crippen LogP contribution in [0.15, 0.2) is 48.7 Å². The van der Waals surface area contributed by atoms with E-state index in [1.54, 1.807) is 6.08 Å². The van der Waals surface area contributed by atoms with Gasteiger partial charge in [0.2, 0.25) is 0 Å². The lowest BCUT2D eigenvalue weighted by Gasteiger charge is -2.31. The Labute approximate surface area is 217 Å². The lowest BCUT2D eigenvalue weighted by atomic mass is 9.97. The van der Waals surface area contributed by atoms with E-state index in [1.165, 1.54) is 29.9 Å². The van der Waals surface area contributed by atoms with E-state index < -0.39 is 0 Å². The fourth-order valence-electron chi connectivity index (χ4n) is 6.73. The topological polar surface area (TPSA) is 50.5 Å². The van der Waals surface area contributed by atoms with E-state index in [4.69, 9.17) is 0 Å². The molecule has 6 nitrogen and oxygen atoms in total. The molecule has 3 aliphatic heterocycles. The Hall–Kier alpha value is -3.64. The van der Waals surface area contributed by atoms with Gasteiger partial charge in [-0.25, -0.2) is 4.90 Å². The van der Waals surface area contributed by atoms with Crippen LogP contribution in [0.4, 0.5) is 5.69 Å². The Morgan fingerprint density at radius 2 is 1.86 bits per heavy atom. The van der Waals surface area contributed by atoms with Crippen LogP contribution in [0, 0.1) is 5.92 Å². The molecule has 0 N–H and O–H groups in total. The van der Waals surface area contributed by atoms with E-state index in [0.29, 0.717) is 11.5 Å². The molecular formula is C31H32N4O2. The summed E-state index contributed by atoms with van der Waals surface area (Å²) in [6.45, 7) is 3.34. The monoisotopic (exact) mass is 492 g/mol. The first kappa shape index (κ1) is 22.5. The molecule has 1 aromatic carbocycles. The molecule has 1 unspecified atom stereocenters. The SMILES string of the molecule is Cn1cc(C2=CC(=O)N(c3c4n(c5ccccc35)C=CC(CN3CCCCC3)C4)C2=O)c2c1CCC=C2. The molecule has 1 atom stereocenters. The molecule has 0 bridgehead atoms. The van der Waals surface area contributed by atoms with Crippen LogP contribution in [0.2, 0.25) is 0 Å². The number of benzene rings is 1. The van der Waals surface area contributed by atoms with Gasteiger partial charge in [-0.05, 0) is 57.2 Å². The minimum absolute atomic E-state index is 0.223. The van der Waals surface area contributed by atoms with Gasteiger partial charge in [0.05, 0.1) is 16.8 Å². The Bertz CT molecular complexity index is 1530. The molecule has 0 spiro atoms. The number of fused-ring (bicyclic) bond motifs is 4. The van der Waals surface area contributed by atoms with Gasteiger partial charge in [0, 0.05) is 60.0 Å². The van der Waals surface area contributed by atoms with Crippen LogP contribution >= 0.6 is 0 Å². The summed E-state index contributed by atoms with van der Waals surface area (Å²) in [6.07, 6.45) is 18.9. The summed E-state index contributed by atoms with van der Waals surface area (Å²) in [5, 5.41) is 0.951. The molecule has 3 aromatic rings. The molecule has 188 valence electrons. The van der Waals surface area contributed by atoms with E-state index in [-0.39, 0.29) is 11.8 Å². The third kappa shape index (κ3) is 3.57. The van der Waals surface area contributed by atoms with Crippen molar-refractivity contribution in [3.63, 3.8) is 0 Å². The average Bonchev–Trinajstić information content (AvgIpc) is 3.53. The van der Waals surface area contributed by atoms with Crippen LogP contribution in [-0.4, -0.2) is 45.5 Å². The van der Waals surface area contributed by atoms with E-state index in [1.807, 2.05) is 31.4 Å². The summed E-state index contributed by atoms with van der Waals surface area (Å²) >= 11 is 0. The number of allylic oxidation sites excluding steroid dienone is 1. The zero-order chi connectivity index (χ0) is 25.1. The van der Waals surface area contributed by atoms with Gasteiger partial charge in [0.15, 0.2) is 0 Å². The molecule has 4 aliphatic rings. The molecule has 7 rings (SSSR count). The third-order valence-electron chi connectivity index (χ3n) is 8.50. The molecule has 2 amide bonds. The standard InChI is InChI=1S/C31H32N4O2/c1-32-20-25(22-9-3-5-11-26(22)32)24-18-29(36)35(31(24)37)30-23-10-4-6-12-27(23)34-16-13-21(17-28(30)34)19-33-14-7-2-8-15-33/h3-4,6,9-10,12-13,16,18,20-21H,2,5,7-8,11,14-15,17,19H2,1H3. The third-order valence-corrected chi connectivity index (χ3v) is 8.50. The molecule has 1 saturated heterocycles. The summed E-state index contributed by atoms with van der Waals surface area (Å²) < 4.78 is 4.28. The maximum atomic E-state index is 14.0.